The normalized spacial score (nSPS) is 21.6. The Morgan fingerprint density at radius 3 is 2.59 bits per heavy atom. The van der Waals surface area contributed by atoms with E-state index in [1.165, 1.54) is 34.5 Å². The van der Waals surface area contributed by atoms with Crippen molar-refractivity contribution >= 4 is 35.0 Å². The molecular formula is C27H35N7O4S. The van der Waals surface area contributed by atoms with Crippen LogP contribution in [0.25, 0.3) is 0 Å². The van der Waals surface area contributed by atoms with Crippen molar-refractivity contribution in [3.05, 3.63) is 51.8 Å². The Morgan fingerprint density at radius 1 is 1.18 bits per heavy atom. The molecular weight excluding hydrogens is 518 g/mol. The lowest BCUT2D eigenvalue weighted by molar-refractivity contribution is -0.139. The number of carbonyl (C=O) groups is 4. The number of likely N-dealkylation sites (N-methyl/N-ethyl adjacent to an activating group) is 1. The number of thiazole rings is 1. The Morgan fingerprint density at radius 2 is 1.92 bits per heavy atom. The van der Waals surface area contributed by atoms with Crippen molar-refractivity contribution in [2.45, 2.75) is 44.3 Å². The molecule has 0 aromatic carbocycles. The second-order valence-corrected chi connectivity index (χ2v) is 10.9. The van der Waals surface area contributed by atoms with Crippen LogP contribution >= 0.6 is 11.3 Å². The molecule has 0 unspecified atom stereocenters. The Kier molecular flexibility index (Phi) is 10.0. The lowest BCUT2D eigenvalue weighted by Gasteiger charge is -2.37. The Labute approximate surface area is 232 Å². The topological polar surface area (TPSA) is 150 Å². The summed E-state index contributed by atoms with van der Waals surface area (Å²) in [6.07, 6.45) is 11.6. The number of hydrogen-bond donors (Lipinski definition) is 4. The average Bonchev–Trinajstić information content (AvgIpc) is 3.33. The molecule has 1 aliphatic heterocycles. The van der Waals surface area contributed by atoms with Crippen molar-refractivity contribution in [1.29, 1.82) is 0 Å². The molecule has 1 aromatic rings. The van der Waals surface area contributed by atoms with E-state index in [2.05, 4.69) is 38.3 Å². The molecule has 11 nitrogen and oxygen atoms in total. The summed E-state index contributed by atoms with van der Waals surface area (Å²) >= 11 is 1.35. The monoisotopic (exact) mass is 553 g/mol. The largest absolute Gasteiger partial charge is 0.385 e. The SMILES string of the molecule is C#C/C(C=C)=C/C=C(\N)NC(=O)C(=O)N[C@H]1CC[C@H](C(=O)N(C)C)C[C@H]1NC(=O)c1nc2c(s1)CN(C)CC2. The van der Waals surface area contributed by atoms with Crippen LogP contribution in [0.5, 0.6) is 0 Å². The zero-order valence-electron chi connectivity index (χ0n) is 22.5. The number of terminal acetylenes is 1. The van der Waals surface area contributed by atoms with Crippen LogP contribution in [0.3, 0.4) is 0 Å². The van der Waals surface area contributed by atoms with E-state index in [1.54, 1.807) is 14.1 Å². The fourth-order valence-electron chi connectivity index (χ4n) is 4.56. The van der Waals surface area contributed by atoms with E-state index in [4.69, 9.17) is 12.2 Å². The summed E-state index contributed by atoms with van der Waals surface area (Å²) in [5.41, 5.74) is 7.16. The van der Waals surface area contributed by atoms with E-state index in [9.17, 15) is 19.2 Å². The van der Waals surface area contributed by atoms with Crippen molar-refractivity contribution in [1.82, 2.24) is 30.7 Å². The zero-order chi connectivity index (χ0) is 28.7. The Balaban J connectivity index is 1.71. The Hall–Kier alpha value is -3.95. The summed E-state index contributed by atoms with van der Waals surface area (Å²) < 4.78 is 0. The van der Waals surface area contributed by atoms with Crippen LogP contribution in [0, 0.1) is 18.3 Å². The predicted molar refractivity (Wildman–Crippen MR) is 149 cm³/mol. The van der Waals surface area contributed by atoms with E-state index in [0.717, 1.165) is 30.1 Å². The van der Waals surface area contributed by atoms with E-state index in [1.807, 2.05) is 7.05 Å². The molecule has 4 amide bonds. The summed E-state index contributed by atoms with van der Waals surface area (Å²) in [5.74, 6) is -0.315. The zero-order valence-corrected chi connectivity index (χ0v) is 23.3. The van der Waals surface area contributed by atoms with Crippen LogP contribution in [0.15, 0.2) is 36.2 Å². The van der Waals surface area contributed by atoms with Gasteiger partial charge in [0.1, 0.15) is 5.82 Å². The fraction of sp³-hybridized carbons (Fsp3) is 0.444. The van der Waals surface area contributed by atoms with Crippen molar-refractivity contribution in [3.8, 4) is 12.3 Å². The molecule has 5 N–H and O–H groups in total. The van der Waals surface area contributed by atoms with Crippen LogP contribution in [-0.4, -0.2) is 78.2 Å². The van der Waals surface area contributed by atoms with Gasteiger partial charge in [0.15, 0.2) is 5.01 Å². The molecule has 0 bridgehead atoms. The second-order valence-electron chi connectivity index (χ2n) is 9.83. The predicted octanol–water partition coefficient (Wildman–Crippen LogP) is 0.264. The van der Waals surface area contributed by atoms with Gasteiger partial charge in [-0.3, -0.25) is 19.2 Å². The summed E-state index contributed by atoms with van der Waals surface area (Å²) in [6.45, 7) is 5.18. The molecule has 0 radical (unpaired) electrons. The number of rotatable bonds is 7. The van der Waals surface area contributed by atoms with Crippen LogP contribution in [0.2, 0.25) is 0 Å². The molecule has 0 spiro atoms. The second kappa shape index (κ2) is 13.2. The molecule has 208 valence electrons. The summed E-state index contributed by atoms with van der Waals surface area (Å²) in [6, 6.07) is -1.15. The van der Waals surface area contributed by atoms with Crippen molar-refractivity contribution < 1.29 is 19.2 Å². The van der Waals surface area contributed by atoms with Gasteiger partial charge in [-0.2, -0.15) is 0 Å². The van der Waals surface area contributed by atoms with E-state index in [-0.39, 0.29) is 23.6 Å². The van der Waals surface area contributed by atoms with Crippen LogP contribution in [-0.2, 0) is 27.3 Å². The molecule has 1 aromatic heterocycles. The van der Waals surface area contributed by atoms with E-state index >= 15 is 0 Å². The molecule has 3 rings (SSSR count). The lowest BCUT2D eigenvalue weighted by Crippen LogP contribution is -2.57. The van der Waals surface area contributed by atoms with Crippen LogP contribution < -0.4 is 21.7 Å². The highest BCUT2D eigenvalue weighted by Crippen LogP contribution is 2.28. The first-order chi connectivity index (χ1) is 18.5. The third-order valence-corrected chi connectivity index (χ3v) is 7.76. The first-order valence-electron chi connectivity index (χ1n) is 12.6. The molecule has 2 aliphatic rings. The number of nitrogens with one attached hydrogen (secondary N) is 3. The standard InChI is InChI=1S/C27H35N7O4S/c1-6-16(7-2)8-11-22(28)32-24(36)23(35)29-18-10-9-17(27(38)33(3)4)14-20(18)30-25(37)26-31-19-12-13-34(5)15-21(19)39-26/h1,7-8,11,17-18,20H,2,9-10,12-15,28H2,3-5H3,(H,29,35)(H,30,37)(H,32,36)/b16-8-,22-11+/t17-,18-,20+/m0/s1. The van der Waals surface area contributed by atoms with Crippen LogP contribution in [0.4, 0.5) is 0 Å². The third-order valence-electron chi connectivity index (χ3n) is 6.68. The smallest absolute Gasteiger partial charge is 0.314 e. The highest BCUT2D eigenvalue weighted by atomic mass is 32.1. The van der Waals surface area contributed by atoms with Gasteiger partial charge >= 0.3 is 11.8 Å². The van der Waals surface area contributed by atoms with Gasteiger partial charge in [-0.05, 0) is 38.5 Å². The number of amides is 4. The Bertz CT molecular complexity index is 1240. The molecule has 3 atom stereocenters. The number of carbonyl (C=O) groups excluding carboxylic acids is 4. The summed E-state index contributed by atoms with van der Waals surface area (Å²) in [5, 5.41) is 8.32. The summed E-state index contributed by atoms with van der Waals surface area (Å²) in [7, 11) is 5.38. The number of nitrogens with two attached hydrogens (primary N) is 1. The van der Waals surface area contributed by atoms with Crippen molar-refractivity contribution in [3.63, 3.8) is 0 Å². The van der Waals surface area contributed by atoms with Gasteiger partial charge in [-0.15, -0.1) is 17.8 Å². The van der Waals surface area contributed by atoms with Crippen molar-refractivity contribution in [2.75, 3.05) is 27.7 Å². The first kappa shape index (κ1) is 29.6. The van der Waals surface area contributed by atoms with Gasteiger partial charge in [0.05, 0.1) is 11.7 Å². The fourth-order valence-corrected chi connectivity index (χ4v) is 5.65. The van der Waals surface area contributed by atoms with Crippen LogP contribution in [0.1, 0.15) is 39.6 Å². The molecule has 12 heteroatoms. The maximum absolute atomic E-state index is 13.2. The minimum Gasteiger partial charge on any atom is -0.385 e. The molecule has 1 saturated carbocycles. The highest BCUT2D eigenvalue weighted by Gasteiger charge is 2.37. The molecule has 2 heterocycles. The molecule has 1 aliphatic carbocycles. The molecule has 0 saturated heterocycles. The number of nitrogens with zero attached hydrogens (tertiary/aromatic N) is 3. The molecule has 39 heavy (non-hydrogen) atoms. The maximum atomic E-state index is 13.2. The third kappa shape index (κ3) is 7.78. The minimum absolute atomic E-state index is 0.0543. The quantitative estimate of drug-likeness (QED) is 0.215. The van der Waals surface area contributed by atoms with Gasteiger partial charge in [0, 0.05) is 56.0 Å². The number of hydrogen-bond acceptors (Lipinski definition) is 8. The van der Waals surface area contributed by atoms with Gasteiger partial charge in [0.2, 0.25) is 5.91 Å². The van der Waals surface area contributed by atoms with E-state index < -0.39 is 23.9 Å². The number of allylic oxidation sites excluding steroid dienone is 4. The summed E-state index contributed by atoms with van der Waals surface area (Å²) in [4.78, 5) is 60.3. The first-order valence-corrected chi connectivity index (χ1v) is 13.4. The van der Waals surface area contributed by atoms with Gasteiger partial charge in [-0.25, -0.2) is 4.98 Å². The number of aromatic nitrogens is 1. The average molecular weight is 554 g/mol. The van der Waals surface area contributed by atoms with Gasteiger partial charge in [0.25, 0.3) is 5.91 Å². The van der Waals surface area contributed by atoms with Crippen molar-refractivity contribution in [2.24, 2.45) is 11.7 Å². The van der Waals surface area contributed by atoms with E-state index in [0.29, 0.717) is 29.8 Å². The molecule has 1 fully saturated rings. The van der Waals surface area contributed by atoms with Gasteiger partial charge < -0.3 is 31.5 Å². The van der Waals surface area contributed by atoms with Gasteiger partial charge in [-0.1, -0.05) is 18.6 Å². The minimum atomic E-state index is -0.966. The maximum Gasteiger partial charge on any atom is 0.314 e. The number of fused-ring (bicyclic) bond motifs is 1. The lowest BCUT2D eigenvalue weighted by atomic mass is 9.81. The highest BCUT2D eigenvalue weighted by molar-refractivity contribution is 7.13.